The summed E-state index contributed by atoms with van der Waals surface area (Å²) in [7, 11) is 0. The van der Waals surface area contributed by atoms with E-state index >= 15 is 0 Å². The Labute approximate surface area is 115 Å². The van der Waals surface area contributed by atoms with Crippen LogP contribution in [0.5, 0.6) is 0 Å². The van der Waals surface area contributed by atoms with Crippen LogP contribution in [0.1, 0.15) is 17.2 Å². The molecule has 2 heterocycles. The van der Waals surface area contributed by atoms with Crippen molar-refractivity contribution < 1.29 is 0 Å². The zero-order valence-corrected chi connectivity index (χ0v) is 10.9. The largest absolute Gasteiger partial charge is 0.349 e. The molecular weight excluding hydrogens is 256 g/mol. The Morgan fingerprint density at radius 2 is 1.68 bits per heavy atom. The van der Waals surface area contributed by atoms with Crippen molar-refractivity contribution in [1.29, 1.82) is 0 Å². The highest BCUT2D eigenvalue weighted by Gasteiger charge is 2.14. The monoisotopic (exact) mass is 268 g/mol. The molecule has 94 valence electrons. The van der Waals surface area contributed by atoms with Crippen molar-refractivity contribution in [3.8, 4) is 0 Å². The fourth-order valence-electron chi connectivity index (χ4n) is 1.92. The van der Waals surface area contributed by atoms with Crippen LogP contribution < -0.4 is 5.32 Å². The number of nitrogens with one attached hydrogen (secondary N) is 1. The van der Waals surface area contributed by atoms with Crippen molar-refractivity contribution in [2.45, 2.75) is 6.04 Å². The molecular formula is C14H12N4S. The molecule has 5 heteroatoms. The van der Waals surface area contributed by atoms with Gasteiger partial charge in [0, 0.05) is 12.4 Å². The molecule has 1 atom stereocenters. The maximum Gasteiger partial charge on any atom is 0.206 e. The molecule has 2 aromatic heterocycles. The summed E-state index contributed by atoms with van der Waals surface area (Å²) in [5.74, 6) is 0. The van der Waals surface area contributed by atoms with E-state index in [4.69, 9.17) is 0 Å². The summed E-state index contributed by atoms with van der Waals surface area (Å²) in [6, 6.07) is 14.3. The lowest BCUT2D eigenvalue weighted by molar-refractivity contribution is 0.918. The summed E-state index contributed by atoms with van der Waals surface area (Å²) < 4.78 is 0. The number of benzene rings is 1. The minimum Gasteiger partial charge on any atom is -0.349 e. The fourth-order valence-corrected chi connectivity index (χ4v) is 2.39. The summed E-state index contributed by atoms with van der Waals surface area (Å²) in [4.78, 5) is 4.07. The standard InChI is InChI=1S/C14H12N4S/c1-2-4-11(5-3-1)13(12-6-8-15-9-7-12)17-14-18-16-10-19-14/h1-10,13H,(H,17,18). The summed E-state index contributed by atoms with van der Waals surface area (Å²) in [6.07, 6.45) is 3.60. The van der Waals surface area contributed by atoms with Crippen LogP contribution in [0, 0.1) is 0 Å². The highest BCUT2D eigenvalue weighted by molar-refractivity contribution is 7.13. The second-order valence-corrected chi connectivity index (χ2v) is 4.85. The van der Waals surface area contributed by atoms with E-state index in [1.165, 1.54) is 16.9 Å². The van der Waals surface area contributed by atoms with Crippen molar-refractivity contribution in [1.82, 2.24) is 15.2 Å². The average molecular weight is 268 g/mol. The molecule has 0 bridgehead atoms. The topological polar surface area (TPSA) is 50.7 Å². The summed E-state index contributed by atoms with van der Waals surface area (Å²) >= 11 is 1.49. The van der Waals surface area contributed by atoms with Crippen LogP contribution in [-0.4, -0.2) is 15.2 Å². The highest BCUT2D eigenvalue weighted by Crippen LogP contribution is 2.26. The number of hydrogen-bond acceptors (Lipinski definition) is 5. The molecule has 0 spiro atoms. The van der Waals surface area contributed by atoms with E-state index in [9.17, 15) is 0 Å². The van der Waals surface area contributed by atoms with Gasteiger partial charge < -0.3 is 5.32 Å². The van der Waals surface area contributed by atoms with Crippen LogP contribution >= 0.6 is 11.3 Å². The minimum absolute atomic E-state index is 0.0529. The van der Waals surface area contributed by atoms with Crippen molar-refractivity contribution >= 4 is 16.5 Å². The lowest BCUT2D eigenvalue weighted by Crippen LogP contribution is -2.12. The van der Waals surface area contributed by atoms with Gasteiger partial charge in [-0.2, -0.15) is 0 Å². The molecule has 0 fully saturated rings. The van der Waals surface area contributed by atoms with E-state index < -0.39 is 0 Å². The van der Waals surface area contributed by atoms with Gasteiger partial charge in [0.25, 0.3) is 0 Å². The molecule has 0 aliphatic carbocycles. The van der Waals surface area contributed by atoms with E-state index in [1.807, 2.05) is 30.3 Å². The van der Waals surface area contributed by atoms with Gasteiger partial charge in [0.1, 0.15) is 5.51 Å². The third-order valence-electron chi connectivity index (χ3n) is 2.80. The second kappa shape index (κ2) is 5.58. The van der Waals surface area contributed by atoms with Crippen LogP contribution in [-0.2, 0) is 0 Å². The lowest BCUT2D eigenvalue weighted by atomic mass is 10.00. The third-order valence-corrected chi connectivity index (χ3v) is 3.42. The minimum atomic E-state index is 0.0529. The predicted octanol–water partition coefficient (Wildman–Crippen LogP) is 3.13. The van der Waals surface area contributed by atoms with Crippen molar-refractivity contribution in [2.24, 2.45) is 0 Å². The van der Waals surface area contributed by atoms with Gasteiger partial charge in [0.15, 0.2) is 0 Å². The third kappa shape index (κ3) is 2.77. The van der Waals surface area contributed by atoms with E-state index in [2.05, 4.69) is 32.6 Å². The van der Waals surface area contributed by atoms with Crippen LogP contribution in [0.4, 0.5) is 5.13 Å². The number of nitrogens with zero attached hydrogens (tertiary/aromatic N) is 3. The Hall–Kier alpha value is -2.27. The normalized spacial score (nSPS) is 12.0. The van der Waals surface area contributed by atoms with Gasteiger partial charge >= 0.3 is 0 Å². The summed E-state index contributed by atoms with van der Waals surface area (Å²) in [5, 5.41) is 12.1. The van der Waals surface area contributed by atoms with E-state index in [0.717, 1.165) is 10.7 Å². The molecule has 1 N–H and O–H groups in total. The molecule has 0 saturated heterocycles. The van der Waals surface area contributed by atoms with Gasteiger partial charge in [0.2, 0.25) is 5.13 Å². The summed E-state index contributed by atoms with van der Waals surface area (Å²) in [5.41, 5.74) is 4.05. The molecule has 0 amide bonds. The first-order valence-corrected chi connectivity index (χ1v) is 6.79. The van der Waals surface area contributed by atoms with Crippen LogP contribution in [0.3, 0.4) is 0 Å². The first-order valence-electron chi connectivity index (χ1n) is 5.91. The molecule has 1 unspecified atom stereocenters. The van der Waals surface area contributed by atoms with Gasteiger partial charge in [-0.25, -0.2) is 0 Å². The Bertz CT molecular complexity index is 571. The first-order chi connectivity index (χ1) is 9.43. The zero-order chi connectivity index (χ0) is 12.9. The van der Waals surface area contributed by atoms with Crippen LogP contribution in [0.25, 0.3) is 0 Å². The zero-order valence-electron chi connectivity index (χ0n) is 10.1. The molecule has 0 aliphatic rings. The molecule has 0 radical (unpaired) electrons. The van der Waals surface area contributed by atoms with E-state index in [-0.39, 0.29) is 6.04 Å². The molecule has 4 nitrogen and oxygen atoms in total. The smallest absolute Gasteiger partial charge is 0.206 e. The lowest BCUT2D eigenvalue weighted by Gasteiger charge is -2.18. The second-order valence-electron chi connectivity index (χ2n) is 4.01. The first kappa shape index (κ1) is 11.8. The van der Waals surface area contributed by atoms with Gasteiger partial charge in [-0.15, -0.1) is 10.2 Å². The van der Waals surface area contributed by atoms with Crippen LogP contribution in [0.2, 0.25) is 0 Å². The maximum atomic E-state index is 4.07. The summed E-state index contributed by atoms with van der Waals surface area (Å²) in [6.45, 7) is 0. The van der Waals surface area contributed by atoms with Gasteiger partial charge in [0.05, 0.1) is 6.04 Å². The molecule has 3 aromatic rings. The van der Waals surface area contributed by atoms with Gasteiger partial charge in [-0.05, 0) is 23.3 Å². The Morgan fingerprint density at radius 3 is 2.37 bits per heavy atom. The molecule has 19 heavy (non-hydrogen) atoms. The van der Waals surface area contributed by atoms with Crippen LogP contribution in [0.15, 0.2) is 60.4 Å². The van der Waals surface area contributed by atoms with Crippen molar-refractivity contribution in [2.75, 3.05) is 5.32 Å². The molecule has 0 aliphatic heterocycles. The molecule has 1 aromatic carbocycles. The number of pyridine rings is 1. The fraction of sp³-hybridized carbons (Fsp3) is 0.0714. The maximum absolute atomic E-state index is 4.07. The van der Waals surface area contributed by atoms with Gasteiger partial charge in [-0.1, -0.05) is 41.7 Å². The molecule has 0 saturated carbocycles. The van der Waals surface area contributed by atoms with E-state index in [0.29, 0.717) is 0 Å². The molecule has 3 rings (SSSR count). The Kier molecular flexibility index (Phi) is 3.47. The number of anilines is 1. The SMILES string of the molecule is c1ccc(C(Nc2nncs2)c2ccncc2)cc1. The van der Waals surface area contributed by atoms with Gasteiger partial charge in [-0.3, -0.25) is 4.98 Å². The highest BCUT2D eigenvalue weighted by atomic mass is 32.1. The average Bonchev–Trinajstić information content (AvgIpc) is 3.00. The Morgan fingerprint density at radius 1 is 0.947 bits per heavy atom. The van der Waals surface area contributed by atoms with Crippen molar-refractivity contribution in [3.63, 3.8) is 0 Å². The predicted molar refractivity (Wildman–Crippen MR) is 76.1 cm³/mol. The number of rotatable bonds is 4. The van der Waals surface area contributed by atoms with Crippen molar-refractivity contribution in [3.05, 3.63) is 71.5 Å². The number of hydrogen-bond donors (Lipinski definition) is 1. The Balaban J connectivity index is 1.96. The quantitative estimate of drug-likeness (QED) is 0.789. The number of aromatic nitrogens is 3. The van der Waals surface area contributed by atoms with E-state index in [1.54, 1.807) is 17.9 Å².